The third-order valence-corrected chi connectivity index (χ3v) is 6.93. The number of nitrogens with zero attached hydrogens (tertiary/aromatic N) is 1. The van der Waals surface area contributed by atoms with Gasteiger partial charge in [-0.15, -0.1) is 0 Å². The van der Waals surface area contributed by atoms with Crippen LogP contribution in [0.2, 0.25) is 0 Å². The summed E-state index contributed by atoms with van der Waals surface area (Å²) in [5, 5.41) is 3.11. The number of amides is 1. The molecule has 1 atom stereocenters. The molecular weight excluding hydrogens is 426 g/mol. The maximum atomic E-state index is 13.1. The van der Waals surface area contributed by atoms with E-state index in [1.54, 1.807) is 32.9 Å². The molecular formula is C24H33N3O4S. The van der Waals surface area contributed by atoms with Crippen LogP contribution < -0.4 is 10.0 Å². The van der Waals surface area contributed by atoms with Crippen LogP contribution in [0.4, 0.5) is 0 Å². The molecule has 2 aromatic rings. The van der Waals surface area contributed by atoms with Gasteiger partial charge >= 0.3 is 0 Å². The number of nitrogens with one attached hydrogen (secondary N) is 2. The van der Waals surface area contributed by atoms with Crippen LogP contribution in [0.15, 0.2) is 53.4 Å². The highest BCUT2D eigenvalue weighted by Crippen LogP contribution is 2.19. The normalized spacial score (nSPS) is 16.5. The molecule has 0 unspecified atom stereocenters. The Labute approximate surface area is 191 Å². The molecule has 174 valence electrons. The van der Waals surface area contributed by atoms with Crippen LogP contribution in [-0.4, -0.2) is 57.6 Å². The van der Waals surface area contributed by atoms with E-state index in [1.807, 2.05) is 31.2 Å². The van der Waals surface area contributed by atoms with E-state index in [0.29, 0.717) is 25.3 Å². The fraction of sp³-hybridized carbons (Fsp3) is 0.458. The zero-order valence-corrected chi connectivity index (χ0v) is 20.0. The zero-order chi connectivity index (χ0) is 23.4. The van der Waals surface area contributed by atoms with Crippen molar-refractivity contribution in [2.75, 3.05) is 32.8 Å². The molecule has 3 rings (SSSR count). The van der Waals surface area contributed by atoms with Gasteiger partial charge < -0.3 is 10.1 Å². The number of carbonyl (C=O) groups is 1. The molecule has 1 heterocycles. The van der Waals surface area contributed by atoms with Crippen molar-refractivity contribution in [3.8, 4) is 0 Å². The number of sulfonamides is 1. The van der Waals surface area contributed by atoms with Gasteiger partial charge in [0, 0.05) is 30.7 Å². The van der Waals surface area contributed by atoms with Crippen molar-refractivity contribution >= 4 is 15.9 Å². The first kappa shape index (κ1) is 24.4. The third kappa shape index (κ3) is 6.87. The molecule has 1 fully saturated rings. The van der Waals surface area contributed by atoms with Crippen molar-refractivity contribution in [2.24, 2.45) is 0 Å². The van der Waals surface area contributed by atoms with Gasteiger partial charge in [0.1, 0.15) is 0 Å². The Kier molecular flexibility index (Phi) is 7.71. The maximum Gasteiger partial charge on any atom is 0.251 e. The summed E-state index contributed by atoms with van der Waals surface area (Å²) in [7, 11) is -3.73. The predicted molar refractivity (Wildman–Crippen MR) is 125 cm³/mol. The quantitative estimate of drug-likeness (QED) is 0.665. The van der Waals surface area contributed by atoms with Gasteiger partial charge in [0.2, 0.25) is 10.0 Å². The number of rotatable bonds is 7. The largest absolute Gasteiger partial charge is 0.379 e. The van der Waals surface area contributed by atoms with Gasteiger partial charge in [0.15, 0.2) is 0 Å². The lowest BCUT2D eigenvalue weighted by Gasteiger charge is -2.31. The summed E-state index contributed by atoms with van der Waals surface area (Å²) in [5.41, 5.74) is 1.84. The maximum absolute atomic E-state index is 13.1. The predicted octanol–water partition coefficient (Wildman–Crippen LogP) is 2.88. The van der Waals surface area contributed by atoms with Crippen LogP contribution in [0.25, 0.3) is 0 Å². The van der Waals surface area contributed by atoms with E-state index >= 15 is 0 Å². The molecule has 2 aromatic carbocycles. The molecule has 32 heavy (non-hydrogen) atoms. The molecule has 0 aromatic heterocycles. The fourth-order valence-corrected chi connectivity index (χ4v) is 5.05. The Hall–Kier alpha value is -2.26. The SMILES string of the molecule is Cc1ccc([C@@H](CN2CCOCC2)NC(=O)c2cccc(S(=O)(=O)NC(C)(C)C)c2)cc1. The highest BCUT2D eigenvalue weighted by atomic mass is 32.2. The average Bonchev–Trinajstić information content (AvgIpc) is 2.73. The van der Waals surface area contributed by atoms with Crippen LogP contribution in [-0.2, 0) is 14.8 Å². The second-order valence-electron chi connectivity index (χ2n) is 9.23. The number of benzene rings is 2. The lowest BCUT2D eigenvalue weighted by Crippen LogP contribution is -2.43. The first-order valence-corrected chi connectivity index (χ1v) is 12.3. The summed E-state index contributed by atoms with van der Waals surface area (Å²) in [5.74, 6) is -0.309. The number of hydrogen-bond acceptors (Lipinski definition) is 5. The van der Waals surface area contributed by atoms with Crippen LogP contribution in [0.1, 0.15) is 48.3 Å². The zero-order valence-electron chi connectivity index (χ0n) is 19.2. The lowest BCUT2D eigenvalue weighted by molar-refractivity contribution is 0.0332. The first-order chi connectivity index (χ1) is 15.0. The van der Waals surface area contributed by atoms with Gasteiger partial charge in [-0.25, -0.2) is 13.1 Å². The third-order valence-electron chi connectivity index (χ3n) is 5.18. The van der Waals surface area contributed by atoms with Crippen LogP contribution >= 0.6 is 0 Å². The highest BCUT2D eigenvalue weighted by molar-refractivity contribution is 7.89. The van der Waals surface area contributed by atoms with Gasteiger partial charge in [0.05, 0.1) is 24.2 Å². The van der Waals surface area contributed by atoms with Crippen molar-refractivity contribution in [1.29, 1.82) is 0 Å². The standard InChI is InChI=1S/C24H33N3O4S/c1-18-8-10-19(11-9-18)22(17-27-12-14-31-15-13-27)25-23(28)20-6-5-7-21(16-20)32(29,30)26-24(2,3)4/h5-11,16,22,26H,12-15,17H2,1-4H3,(H,25,28)/t22-/m1/s1. The molecule has 2 N–H and O–H groups in total. The smallest absolute Gasteiger partial charge is 0.251 e. The Morgan fingerprint density at radius 1 is 1.09 bits per heavy atom. The molecule has 8 heteroatoms. The molecule has 1 amide bonds. The molecule has 0 radical (unpaired) electrons. The van der Waals surface area contributed by atoms with Crippen molar-refractivity contribution in [3.63, 3.8) is 0 Å². The van der Waals surface area contributed by atoms with E-state index in [0.717, 1.165) is 24.2 Å². The minimum atomic E-state index is -3.73. The number of carbonyl (C=O) groups excluding carboxylic acids is 1. The lowest BCUT2D eigenvalue weighted by atomic mass is 10.0. The summed E-state index contributed by atoms with van der Waals surface area (Å²) in [6.45, 7) is 11.0. The molecule has 1 saturated heterocycles. The van der Waals surface area contributed by atoms with Gasteiger partial charge in [-0.3, -0.25) is 9.69 Å². The number of morpholine rings is 1. The van der Waals surface area contributed by atoms with E-state index in [4.69, 9.17) is 4.74 Å². The number of hydrogen-bond donors (Lipinski definition) is 2. The van der Waals surface area contributed by atoms with Gasteiger partial charge in [-0.2, -0.15) is 0 Å². The highest BCUT2D eigenvalue weighted by Gasteiger charge is 2.24. The molecule has 1 aliphatic heterocycles. The Morgan fingerprint density at radius 2 is 1.75 bits per heavy atom. The van der Waals surface area contributed by atoms with Crippen LogP contribution in [0.5, 0.6) is 0 Å². The van der Waals surface area contributed by atoms with Crippen LogP contribution in [0.3, 0.4) is 0 Å². The van der Waals surface area contributed by atoms with E-state index in [2.05, 4.69) is 14.9 Å². The first-order valence-electron chi connectivity index (χ1n) is 10.9. The Balaban J connectivity index is 1.81. The number of ether oxygens (including phenoxy) is 1. The average molecular weight is 460 g/mol. The molecule has 0 aliphatic carbocycles. The van der Waals surface area contributed by atoms with E-state index in [-0.39, 0.29) is 16.8 Å². The minimum Gasteiger partial charge on any atom is -0.379 e. The molecule has 0 spiro atoms. The second kappa shape index (κ2) is 10.1. The topological polar surface area (TPSA) is 87.7 Å². The number of aryl methyl sites for hydroxylation is 1. The molecule has 1 aliphatic rings. The van der Waals surface area contributed by atoms with Crippen molar-refractivity contribution < 1.29 is 17.9 Å². The van der Waals surface area contributed by atoms with Gasteiger partial charge in [0.25, 0.3) is 5.91 Å². The van der Waals surface area contributed by atoms with E-state index < -0.39 is 15.6 Å². The summed E-state index contributed by atoms with van der Waals surface area (Å²) in [4.78, 5) is 15.5. The summed E-state index contributed by atoms with van der Waals surface area (Å²) in [6, 6.07) is 14.0. The Morgan fingerprint density at radius 3 is 2.38 bits per heavy atom. The Bertz CT molecular complexity index is 1020. The fourth-order valence-electron chi connectivity index (χ4n) is 3.58. The van der Waals surface area contributed by atoms with Crippen LogP contribution in [0, 0.1) is 6.92 Å². The monoisotopic (exact) mass is 459 g/mol. The molecule has 0 bridgehead atoms. The molecule has 7 nitrogen and oxygen atoms in total. The van der Waals surface area contributed by atoms with E-state index in [1.165, 1.54) is 12.1 Å². The van der Waals surface area contributed by atoms with Gasteiger partial charge in [-0.1, -0.05) is 35.9 Å². The summed E-state index contributed by atoms with van der Waals surface area (Å²) in [6.07, 6.45) is 0. The summed E-state index contributed by atoms with van der Waals surface area (Å²) >= 11 is 0. The molecule has 0 saturated carbocycles. The van der Waals surface area contributed by atoms with Crippen molar-refractivity contribution in [2.45, 2.75) is 44.2 Å². The van der Waals surface area contributed by atoms with E-state index in [9.17, 15) is 13.2 Å². The summed E-state index contributed by atoms with van der Waals surface area (Å²) < 4.78 is 33.5. The second-order valence-corrected chi connectivity index (χ2v) is 10.9. The van der Waals surface area contributed by atoms with Crippen molar-refractivity contribution in [1.82, 2.24) is 14.9 Å². The van der Waals surface area contributed by atoms with Crippen molar-refractivity contribution in [3.05, 3.63) is 65.2 Å². The minimum absolute atomic E-state index is 0.0696. The van der Waals surface area contributed by atoms with Gasteiger partial charge in [-0.05, 0) is 51.5 Å².